The topological polar surface area (TPSA) is 49.4 Å². The van der Waals surface area contributed by atoms with Gasteiger partial charge >= 0.3 is 0 Å². The second-order valence-corrected chi connectivity index (χ2v) is 8.02. The Balaban J connectivity index is 2.27. The molecular formula is C24H32N2O2. The van der Waals surface area contributed by atoms with E-state index < -0.39 is 6.04 Å². The molecule has 4 heteroatoms. The van der Waals surface area contributed by atoms with Crippen molar-refractivity contribution < 1.29 is 9.59 Å². The maximum atomic E-state index is 13.2. The normalized spacial score (nSPS) is 12.0. The fraction of sp³-hybridized carbons (Fsp3) is 0.417. The first-order valence-corrected chi connectivity index (χ1v) is 9.88. The van der Waals surface area contributed by atoms with Crippen LogP contribution in [0.3, 0.4) is 0 Å². The lowest BCUT2D eigenvalue weighted by Gasteiger charge is -2.29. The Morgan fingerprint density at radius 2 is 1.50 bits per heavy atom. The van der Waals surface area contributed by atoms with Gasteiger partial charge in [-0.3, -0.25) is 9.59 Å². The van der Waals surface area contributed by atoms with E-state index >= 15 is 0 Å². The first-order chi connectivity index (χ1) is 13.2. The molecule has 28 heavy (non-hydrogen) atoms. The second kappa shape index (κ2) is 9.54. The van der Waals surface area contributed by atoms with Gasteiger partial charge in [-0.15, -0.1) is 0 Å². The molecule has 0 radical (unpaired) electrons. The van der Waals surface area contributed by atoms with E-state index in [1.165, 1.54) is 0 Å². The lowest BCUT2D eigenvalue weighted by Crippen LogP contribution is -2.49. The first kappa shape index (κ1) is 21.7. The third-order valence-electron chi connectivity index (χ3n) is 4.67. The van der Waals surface area contributed by atoms with Crippen LogP contribution in [0.2, 0.25) is 0 Å². The molecular weight excluding hydrogens is 348 g/mol. The molecule has 0 spiro atoms. The number of hydrogen-bond acceptors (Lipinski definition) is 2. The van der Waals surface area contributed by atoms with Crippen LogP contribution in [0.15, 0.2) is 42.5 Å². The van der Waals surface area contributed by atoms with Crippen LogP contribution >= 0.6 is 0 Å². The van der Waals surface area contributed by atoms with E-state index in [4.69, 9.17) is 0 Å². The summed E-state index contributed by atoms with van der Waals surface area (Å²) in [6.45, 7) is 12.2. The van der Waals surface area contributed by atoms with E-state index in [-0.39, 0.29) is 24.3 Å². The van der Waals surface area contributed by atoms with Crippen molar-refractivity contribution in [1.82, 2.24) is 10.2 Å². The van der Waals surface area contributed by atoms with Crippen molar-refractivity contribution in [2.75, 3.05) is 0 Å². The number of carbonyl (C=O) groups is 2. The summed E-state index contributed by atoms with van der Waals surface area (Å²) in [5, 5.41) is 2.92. The zero-order chi connectivity index (χ0) is 20.8. The molecule has 150 valence electrons. The van der Waals surface area contributed by atoms with Crippen molar-refractivity contribution in [3.63, 3.8) is 0 Å². The summed E-state index contributed by atoms with van der Waals surface area (Å²) in [5.74, 6) is -0.172. The van der Waals surface area contributed by atoms with Crippen LogP contribution in [0.25, 0.3) is 0 Å². The third kappa shape index (κ3) is 6.22. The molecule has 1 atom stereocenters. The highest BCUT2D eigenvalue weighted by Crippen LogP contribution is 2.15. The van der Waals surface area contributed by atoms with Gasteiger partial charge in [-0.25, -0.2) is 0 Å². The largest absolute Gasteiger partial charge is 0.352 e. The SMILES string of the molecule is Cc1cc(C)cc(CC(=O)N(Cc2cccc(C)c2)[C@@H](C)C(=O)NC(C)C)c1. The molecule has 4 nitrogen and oxygen atoms in total. The third-order valence-corrected chi connectivity index (χ3v) is 4.67. The summed E-state index contributed by atoms with van der Waals surface area (Å²) in [4.78, 5) is 27.5. The minimum Gasteiger partial charge on any atom is -0.352 e. The highest BCUT2D eigenvalue weighted by atomic mass is 16.2. The highest BCUT2D eigenvalue weighted by Gasteiger charge is 2.26. The van der Waals surface area contributed by atoms with E-state index in [1.54, 1.807) is 11.8 Å². The number of rotatable bonds is 7. The van der Waals surface area contributed by atoms with Crippen LogP contribution in [0.4, 0.5) is 0 Å². The maximum Gasteiger partial charge on any atom is 0.242 e. The molecule has 2 rings (SSSR count). The standard InChI is InChI=1S/C24H32N2O2/c1-16(2)25-24(28)20(6)26(15-21-9-7-8-17(3)11-21)23(27)14-22-12-18(4)10-19(5)13-22/h7-13,16,20H,14-15H2,1-6H3,(H,25,28)/t20-/m0/s1. The Bertz CT molecular complexity index is 822. The maximum absolute atomic E-state index is 13.2. The molecule has 2 aromatic rings. The number of carbonyl (C=O) groups excluding carboxylic acids is 2. The Hall–Kier alpha value is -2.62. The van der Waals surface area contributed by atoms with Crippen molar-refractivity contribution in [2.24, 2.45) is 0 Å². The lowest BCUT2D eigenvalue weighted by molar-refractivity contribution is -0.140. The van der Waals surface area contributed by atoms with Gasteiger partial charge in [-0.1, -0.05) is 59.2 Å². The van der Waals surface area contributed by atoms with Crippen molar-refractivity contribution in [2.45, 2.75) is 66.6 Å². The number of nitrogens with zero attached hydrogens (tertiary/aromatic N) is 1. The predicted octanol–water partition coefficient (Wildman–Crippen LogP) is 4.10. The summed E-state index contributed by atoms with van der Waals surface area (Å²) in [5.41, 5.74) is 5.42. The van der Waals surface area contributed by atoms with Crippen molar-refractivity contribution in [3.05, 3.63) is 70.3 Å². The van der Waals surface area contributed by atoms with Crippen LogP contribution in [0.5, 0.6) is 0 Å². The molecule has 0 fully saturated rings. The van der Waals surface area contributed by atoms with Gasteiger partial charge in [-0.05, 0) is 52.7 Å². The van der Waals surface area contributed by atoms with Crippen molar-refractivity contribution >= 4 is 11.8 Å². The van der Waals surface area contributed by atoms with Gasteiger partial charge in [0.25, 0.3) is 0 Å². The van der Waals surface area contributed by atoms with E-state index in [0.29, 0.717) is 6.54 Å². The predicted molar refractivity (Wildman–Crippen MR) is 114 cm³/mol. The zero-order valence-corrected chi connectivity index (χ0v) is 17.9. The molecule has 0 saturated carbocycles. The van der Waals surface area contributed by atoms with E-state index in [2.05, 4.69) is 17.4 Å². The number of benzene rings is 2. The van der Waals surface area contributed by atoms with Crippen LogP contribution in [0.1, 0.15) is 48.6 Å². The summed E-state index contributed by atoms with van der Waals surface area (Å²) < 4.78 is 0. The number of nitrogens with one attached hydrogen (secondary N) is 1. The zero-order valence-electron chi connectivity index (χ0n) is 17.9. The Kier molecular flexibility index (Phi) is 7.38. The van der Waals surface area contributed by atoms with Gasteiger partial charge < -0.3 is 10.2 Å². The molecule has 0 aliphatic carbocycles. The van der Waals surface area contributed by atoms with Crippen LogP contribution in [-0.2, 0) is 22.6 Å². The number of aryl methyl sites for hydroxylation is 3. The molecule has 0 aromatic heterocycles. The molecule has 0 aliphatic heterocycles. The summed E-state index contributed by atoms with van der Waals surface area (Å²) >= 11 is 0. The molecule has 0 bridgehead atoms. The monoisotopic (exact) mass is 380 g/mol. The van der Waals surface area contributed by atoms with E-state index in [0.717, 1.165) is 27.8 Å². The smallest absolute Gasteiger partial charge is 0.242 e. The minimum atomic E-state index is -0.540. The van der Waals surface area contributed by atoms with Gasteiger partial charge in [0.2, 0.25) is 11.8 Å². The number of amides is 2. The number of hydrogen-bond donors (Lipinski definition) is 1. The lowest BCUT2D eigenvalue weighted by atomic mass is 10.0. The highest BCUT2D eigenvalue weighted by molar-refractivity contribution is 5.88. The van der Waals surface area contributed by atoms with Gasteiger partial charge in [0.15, 0.2) is 0 Å². The van der Waals surface area contributed by atoms with Crippen LogP contribution in [-0.4, -0.2) is 28.8 Å². The quantitative estimate of drug-likeness (QED) is 0.786. The molecule has 2 aromatic carbocycles. The summed E-state index contributed by atoms with van der Waals surface area (Å²) in [6, 6.07) is 13.7. The van der Waals surface area contributed by atoms with Gasteiger partial charge in [0, 0.05) is 12.6 Å². The average molecular weight is 381 g/mol. The molecule has 0 heterocycles. The van der Waals surface area contributed by atoms with E-state index in [9.17, 15) is 9.59 Å². The van der Waals surface area contributed by atoms with Crippen LogP contribution < -0.4 is 5.32 Å². The second-order valence-electron chi connectivity index (χ2n) is 8.02. The summed E-state index contributed by atoms with van der Waals surface area (Å²) in [7, 11) is 0. The molecule has 2 amide bonds. The molecule has 0 saturated heterocycles. The van der Waals surface area contributed by atoms with Crippen molar-refractivity contribution in [1.29, 1.82) is 0 Å². The Labute approximate surface area is 169 Å². The summed E-state index contributed by atoms with van der Waals surface area (Å²) in [6.07, 6.45) is 0.285. The Morgan fingerprint density at radius 1 is 0.893 bits per heavy atom. The molecule has 0 aliphatic rings. The van der Waals surface area contributed by atoms with Gasteiger partial charge in [0.05, 0.1) is 6.42 Å². The molecule has 1 N–H and O–H groups in total. The molecule has 0 unspecified atom stereocenters. The average Bonchev–Trinajstić information content (AvgIpc) is 2.57. The van der Waals surface area contributed by atoms with Gasteiger partial charge in [0.1, 0.15) is 6.04 Å². The van der Waals surface area contributed by atoms with Crippen LogP contribution in [0, 0.1) is 20.8 Å². The van der Waals surface area contributed by atoms with Crippen molar-refractivity contribution in [3.8, 4) is 0 Å². The first-order valence-electron chi connectivity index (χ1n) is 9.88. The fourth-order valence-electron chi connectivity index (χ4n) is 3.44. The van der Waals surface area contributed by atoms with E-state index in [1.807, 2.05) is 65.0 Å². The minimum absolute atomic E-state index is 0.0327. The van der Waals surface area contributed by atoms with Gasteiger partial charge in [-0.2, -0.15) is 0 Å². The fourth-order valence-corrected chi connectivity index (χ4v) is 3.44. The Morgan fingerprint density at radius 3 is 2.07 bits per heavy atom.